The molecule has 0 aromatic heterocycles. The van der Waals surface area contributed by atoms with E-state index >= 15 is 0 Å². The second kappa shape index (κ2) is 11.1. The first-order valence-electron chi connectivity index (χ1n) is 10.3. The van der Waals surface area contributed by atoms with Gasteiger partial charge in [-0.3, -0.25) is 4.79 Å². The van der Waals surface area contributed by atoms with Crippen LogP contribution in [0, 0.1) is 0 Å². The van der Waals surface area contributed by atoms with E-state index in [-0.39, 0.29) is 23.7 Å². The van der Waals surface area contributed by atoms with Gasteiger partial charge in [-0.05, 0) is 48.9 Å². The first-order valence-corrected chi connectivity index (χ1v) is 11.7. The van der Waals surface area contributed by atoms with Crippen molar-refractivity contribution < 1.29 is 32.2 Å². The third-order valence-corrected chi connectivity index (χ3v) is 6.52. The van der Waals surface area contributed by atoms with Crippen molar-refractivity contribution in [3.63, 3.8) is 0 Å². The van der Waals surface area contributed by atoms with Crippen LogP contribution in [0.4, 0.5) is 5.69 Å². The number of rotatable bonds is 9. The second-order valence-electron chi connectivity index (χ2n) is 7.04. The number of morpholine rings is 1. The molecule has 0 spiro atoms. The summed E-state index contributed by atoms with van der Waals surface area (Å²) in [4.78, 5) is 24.4. The van der Waals surface area contributed by atoms with Gasteiger partial charge in [-0.25, -0.2) is 13.2 Å². The van der Waals surface area contributed by atoms with Crippen LogP contribution >= 0.6 is 0 Å². The number of anilines is 1. The normalized spacial score (nSPS) is 14.5. The SMILES string of the molecule is CCCOc1ccc(C(=O)OCC(=O)Nc2cccc(S(=O)(=O)N3CCOCC3)c2)cc1. The van der Waals surface area contributed by atoms with E-state index in [0.717, 1.165) is 6.42 Å². The highest BCUT2D eigenvalue weighted by Gasteiger charge is 2.26. The highest BCUT2D eigenvalue weighted by molar-refractivity contribution is 7.89. The molecule has 0 radical (unpaired) electrons. The molecule has 172 valence electrons. The molecule has 1 saturated heterocycles. The van der Waals surface area contributed by atoms with E-state index in [2.05, 4.69) is 5.32 Å². The van der Waals surface area contributed by atoms with Crippen LogP contribution in [0.15, 0.2) is 53.4 Å². The molecule has 2 aromatic rings. The number of amides is 1. The van der Waals surface area contributed by atoms with Crippen molar-refractivity contribution in [2.45, 2.75) is 18.2 Å². The Bertz CT molecular complexity index is 1030. The van der Waals surface area contributed by atoms with Crippen molar-refractivity contribution in [1.29, 1.82) is 0 Å². The molecule has 1 aliphatic heterocycles. The number of nitrogens with zero attached hydrogens (tertiary/aromatic N) is 1. The van der Waals surface area contributed by atoms with Gasteiger partial charge in [0, 0.05) is 18.8 Å². The molecule has 1 aliphatic rings. The Morgan fingerprint density at radius 2 is 1.81 bits per heavy atom. The Balaban J connectivity index is 1.55. The van der Waals surface area contributed by atoms with E-state index in [1.54, 1.807) is 30.3 Å². The number of carbonyl (C=O) groups excluding carboxylic acids is 2. The minimum absolute atomic E-state index is 0.0691. The molecule has 2 aromatic carbocycles. The summed E-state index contributed by atoms with van der Waals surface area (Å²) in [5.41, 5.74) is 0.582. The first-order chi connectivity index (χ1) is 15.4. The Labute approximate surface area is 187 Å². The molecule has 0 atom stereocenters. The lowest BCUT2D eigenvalue weighted by molar-refractivity contribution is -0.119. The van der Waals surface area contributed by atoms with Crippen molar-refractivity contribution in [1.82, 2.24) is 4.31 Å². The second-order valence-corrected chi connectivity index (χ2v) is 8.98. The third kappa shape index (κ3) is 6.28. The monoisotopic (exact) mass is 462 g/mol. The van der Waals surface area contributed by atoms with E-state index in [1.165, 1.54) is 22.5 Å². The molecule has 0 saturated carbocycles. The van der Waals surface area contributed by atoms with Crippen LogP contribution < -0.4 is 10.1 Å². The van der Waals surface area contributed by atoms with E-state index in [1.807, 2.05) is 6.92 Å². The topological polar surface area (TPSA) is 111 Å². The number of hydrogen-bond acceptors (Lipinski definition) is 7. The quantitative estimate of drug-likeness (QED) is 0.569. The summed E-state index contributed by atoms with van der Waals surface area (Å²) in [5, 5.41) is 2.55. The number of esters is 1. The molecule has 1 amide bonds. The highest BCUT2D eigenvalue weighted by Crippen LogP contribution is 2.20. The predicted molar refractivity (Wildman–Crippen MR) is 117 cm³/mol. The molecule has 0 aliphatic carbocycles. The van der Waals surface area contributed by atoms with Gasteiger partial charge in [-0.1, -0.05) is 13.0 Å². The summed E-state index contributed by atoms with van der Waals surface area (Å²) in [6, 6.07) is 12.4. The molecule has 9 nitrogen and oxygen atoms in total. The zero-order valence-corrected chi connectivity index (χ0v) is 18.6. The minimum Gasteiger partial charge on any atom is -0.494 e. The zero-order valence-electron chi connectivity index (χ0n) is 17.8. The van der Waals surface area contributed by atoms with Crippen molar-refractivity contribution in [3.05, 3.63) is 54.1 Å². The third-order valence-electron chi connectivity index (χ3n) is 4.62. The number of hydrogen-bond donors (Lipinski definition) is 1. The predicted octanol–water partition coefficient (Wildman–Crippen LogP) is 2.29. The molecule has 3 rings (SSSR count). The smallest absolute Gasteiger partial charge is 0.338 e. The van der Waals surface area contributed by atoms with Crippen molar-refractivity contribution in [2.75, 3.05) is 44.8 Å². The van der Waals surface area contributed by atoms with Gasteiger partial charge in [0.25, 0.3) is 5.91 Å². The average molecular weight is 463 g/mol. The number of ether oxygens (including phenoxy) is 3. The Hall–Kier alpha value is -2.95. The largest absolute Gasteiger partial charge is 0.494 e. The highest BCUT2D eigenvalue weighted by atomic mass is 32.2. The summed E-state index contributed by atoms with van der Waals surface area (Å²) >= 11 is 0. The van der Waals surface area contributed by atoms with Crippen LogP contribution in [0.5, 0.6) is 5.75 Å². The number of benzene rings is 2. The average Bonchev–Trinajstić information content (AvgIpc) is 2.82. The molecular weight excluding hydrogens is 436 g/mol. The van der Waals surface area contributed by atoms with Gasteiger partial charge in [-0.2, -0.15) is 4.31 Å². The van der Waals surface area contributed by atoms with Gasteiger partial charge in [0.15, 0.2) is 6.61 Å². The minimum atomic E-state index is -3.69. The Kier molecular flexibility index (Phi) is 8.20. The van der Waals surface area contributed by atoms with Gasteiger partial charge in [-0.15, -0.1) is 0 Å². The Morgan fingerprint density at radius 1 is 1.09 bits per heavy atom. The van der Waals surface area contributed by atoms with Gasteiger partial charge < -0.3 is 19.5 Å². The van der Waals surface area contributed by atoms with Crippen LogP contribution in [0.3, 0.4) is 0 Å². The first kappa shape index (κ1) is 23.7. The lowest BCUT2D eigenvalue weighted by Crippen LogP contribution is -2.40. The van der Waals surface area contributed by atoms with Gasteiger partial charge in [0.05, 0.1) is 30.3 Å². The number of carbonyl (C=O) groups is 2. The van der Waals surface area contributed by atoms with Crippen LogP contribution in [-0.4, -0.2) is 64.1 Å². The summed E-state index contributed by atoms with van der Waals surface area (Å²) in [6.45, 7) is 3.31. The zero-order chi connectivity index (χ0) is 23.0. The molecule has 0 bridgehead atoms. The van der Waals surface area contributed by atoms with Gasteiger partial charge in [0.1, 0.15) is 5.75 Å². The standard InChI is InChI=1S/C22H26N2O7S/c1-2-12-30-19-8-6-17(7-9-19)22(26)31-16-21(25)23-18-4-3-5-20(15-18)32(27,28)24-10-13-29-14-11-24/h3-9,15H,2,10-14,16H2,1H3,(H,23,25). The van der Waals surface area contributed by atoms with Crippen molar-refractivity contribution >= 4 is 27.6 Å². The van der Waals surface area contributed by atoms with Crippen LogP contribution in [-0.2, 0) is 24.3 Å². The molecule has 32 heavy (non-hydrogen) atoms. The fourth-order valence-electron chi connectivity index (χ4n) is 2.99. The van der Waals surface area contributed by atoms with Crippen molar-refractivity contribution in [3.8, 4) is 5.75 Å². The van der Waals surface area contributed by atoms with E-state index in [4.69, 9.17) is 14.2 Å². The summed E-state index contributed by atoms with van der Waals surface area (Å²) in [6.07, 6.45) is 0.876. The Morgan fingerprint density at radius 3 is 2.50 bits per heavy atom. The molecular formula is C22H26N2O7S. The maximum Gasteiger partial charge on any atom is 0.338 e. The molecule has 0 unspecified atom stereocenters. The molecule has 10 heteroatoms. The fraction of sp³-hybridized carbons (Fsp3) is 0.364. The lowest BCUT2D eigenvalue weighted by Gasteiger charge is -2.26. The lowest BCUT2D eigenvalue weighted by atomic mass is 10.2. The van der Waals surface area contributed by atoms with E-state index in [9.17, 15) is 18.0 Å². The maximum atomic E-state index is 12.8. The van der Waals surface area contributed by atoms with E-state index in [0.29, 0.717) is 31.1 Å². The molecule has 1 heterocycles. The molecule has 1 fully saturated rings. The van der Waals surface area contributed by atoms with Crippen molar-refractivity contribution in [2.24, 2.45) is 0 Å². The number of nitrogens with one attached hydrogen (secondary N) is 1. The maximum absolute atomic E-state index is 12.8. The van der Waals surface area contributed by atoms with Crippen LogP contribution in [0.1, 0.15) is 23.7 Å². The number of sulfonamides is 1. The van der Waals surface area contributed by atoms with Gasteiger partial charge in [0.2, 0.25) is 10.0 Å². The molecule has 1 N–H and O–H groups in total. The summed E-state index contributed by atoms with van der Waals surface area (Å²) in [5.74, 6) is -0.582. The van der Waals surface area contributed by atoms with Crippen LogP contribution in [0.2, 0.25) is 0 Å². The fourth-order valence-corrected chi connectivity index (χ4v) is 4.44. The summed E-state index contributed by atoms with van der Waals surface area (Å²) in [7, 11) is -3.69. The summed E-state index contributed by atoms with van der Waals surface area (Å²) < 4.78 is 42.6. The van der Waals surface area contributed by atoms with E-state index < -0.39 is 28.5 Å². The van der Waals surface area contributed by atoms with Gasteiger partial charge >= 0.3 is 5.97 Å². The van der Waals surface area contributed by atoms with Crippen LogP contribution in [0.25, 0.3) is 0 Å².